The lowest BCUT2D eigenvalue weighted by atomic mass is 10.1. The maximum Gasteiger partial charge on any atom is 0.350 e. The molecule has 7 nitrogen and oxygen atoms in total. The van der Waals surface area contributed by atoms with Gasteiger partial charge < -0.3 is 20.0 Å². The van der Waals surface area contributed by atoms with Crippen LogP contribution in [0, 0.1) is 0 Å². The Kier molecular flexibility index (Phi) is 4.45. The van der Waals surface area contributed by atoms with Crippen molar-refractivity contribution < 1.29 is 24.3 Å². The minimum absolute atomic E-state index is 0.198. The normalized spacial score (nSPS) is 17.1. The average Bonchev–Trinajstić information content (AvgIpc) is 2.44. The van der Waals surface area contributed by atoms with E-state index in [1.54, 1.807) is 12.1 Å². The van der Waals surface area contributed by atoms with E-state index in [2.05, 4.69) is 10.5 Å². The van der Waals surface area contributed by atoms with Crippen LogP contribution in [0.1, 0.15) is 19.4 Å². The lowest BCUT2D eigenvalue weighted by molar-refractivity contribution is -0.222. The number of esters is 2. The number of hydrogen-bond acceptors (Lipinski definition) is 7. The second-order valence-corrected chi connectivity index (χ2v) is 5.08. The molecule has 7 heteroatoms. The van der Waals surface area contributed by atoms with Crippen molar-refractivity contribution >= 4 is 23.8 Å². The molecule has 2 rings (SSSR count). The van der Waals surface area contributed by atoms with E-state index < -0.39 is 17.7 Å². The van der Waals surface area contributed by atoms with E-state index in [-0.39, 0.29) is 5.57 Å². The second kappa shape index (κ2) is 6.30. The molecule has 1 aromatic rings. The number of benzene rings is 1. The summed E-state index contributed by atoms with van der Waals surface area (Å²) in [6.45, 7) is 2.98. The lowest BCUT2D eigenvalue weighted by Crippen LogP contribution is -2.42. The van der Waals surface area contributed by atoms with Crippen LogP contribution in [-0.4, -0.2) is 29.1 Å². The number of carbonyl (C=O) groups is 2. The van der Waals surface area contributed by atoms with Gasteiger partial charge in [-0.2, -0.15) is 0 Å². The van der Waals surface area contributed by atoms with Gasteiger partial charge in [0, 0.05) is 38.4 Å². The topological polar surface area (TPSA) is 97.2 Å². The Morgan fingerprint density at radius 2 is 1.77 bits per heavy atom. The monoisotopic (exact) mass is 304 g/mol. The highest BCUT2D eigenvalue weighted by molar-refractivity contribution is 6.15. The van der Waals surface area contributed by atoms with Crippen LogP contribution in [0.4, 0.5) is 5.69 Å². The molecule has 1 aliphatic rings. The summed E-state index contributed by atoms with van der Waals surface area (Å²) in [5.74, 6) is -2.71. The maximum absolute atomic E-state index is 11.7. The van der Waals surface area contributed by atoms with Crippen LogP contribution >= 0.6 is 0 Å². The van der Waals surface area contributed by atoms with Gasteiger partial charge >= 0.3 is 11.9 Å². The van der Waals surface area contributed by atoms with Gasteiger partial charge in [-0.25, -0.2) is 9.59 Å². The van der Waals surface area contributed by atoms with Gasteiger partial charge in [0.15, 0.2) is 5.57 Å². The van der Waals surface area contributed by atoms with Crippen LogP contribution in [0.2, 0.25) is 0 Å². The van der Waals surface area contributed by atoms with Gasteiger partial charge in [0.25, 0.3) is 5.79 Å². The predicted octanol–water partition coefficient (Wildman–Crippen LogP) is 1.82. The van der Waals surface area contributed by atoms with Crippen LogP contribution in [0.5, 0.6) is 0 Å². The van der Waals surface area contributed by atoms with Crippen molar-refractivity contribution in [1.82, 2.24) is 0 Å². The molecule has 0 saturated carbocycles. The fourth-order valence-corrected chi connectivity index (χ4v) is 1.82. The molecule has 0 bridgehead atoms. The van der Waals surface area contributed by atoms with Gasteiger partial charge in [0.05, 0.1) is 0 Å². The van der Waals surface area contributed by atoms with E-state index in [9.17, 15) is 9.59 Å². The molecule has 2 N–H and O–H groups in total. The van der Waals surface area contributed by atoms with Crippen LogP contribution in [0.15, 0.2) is 41.2 Å². The third-order valence-electron chi connectivity index (χ3n) is 2.86. The van der Waals surface area contributed by atoms with E-state index in [0.29, 0.717) is 12.1 Å². The Morgan fingerprint density at radius 1 is 1.18 bits per heavy atom. The van der Waals surface area contributed by atoms with Gasteiger partial charge in [-0.05, 0) is 17.7 Å². The Balaban J connectivity index is 2.05. The molecule has 0 radical (unpaired) electrons. The molecule has 1 aromatic carbocycles. The molecular formula is C15H16N2O5. The molecule has 0 amide bonds. The van der Waals surface area contributed by atoms with Crippen molar-refractivity contribution in [2.24, 2.45) is 5.16 Å². The number of oxime groups is 1. The first-order chi connectivity index (χ1) is 10.4. The molecule has 0 unspecified atom stereocenters. The zero-order valence-electron chi connectivity index (χ0n) is 12.2. The highest BCUT2D eigenvalue weighted by atomic mass is 16.7. The van der Waals surface area contributed by atoms with Crippen LogP contribution in [-0.2, 0) is 25.5 Å². The van der Waals surface area contributed by atoms with Crippen molar-refractivity contribution in [2.75, 3.05) is 5.32 Å². The van der Waals surface area contributed by atoms with Crippen molar-refractivity contribution in [3.8, 4) is 0 Å². The van der Waals surface area contributed by atoms with E-state index in [1.165, 1.54) is 26.3 Å². The third kappa shape index (κ3) is 3.85. The van der Waals surface area contributed by atoms with Crippen molar-refractivity contribution in [3.05, 3.63) is 41.6 Å². The van der Waals surface area contributed by atoms with E-state index >= 15 is 0 Å². The van der Waals surface area contributed by atoms with E-state index in [4.69, 9.17) is 14.7 Å². The van der Waals surface area contributed by atoms with E-state index in [0.717, 1.165) is 5.56 Å². The van der Waals surface area contributed by atoms with Crippen LogP contribution < -0.4 is 5.32 Å². The van der Waals surface area contributed by atoms with Gasteiger partial charge in [0.1, 0.15) is 0 Å². The first-order valence-corrected chi connectivity index (χ1v) is 6.59. The first kappa shape index (κ1) is 15.6. The summed E-state index contributed by atoms with van der Waals surface area (Å²) in [4.78, 5) is 23.5. The van der Waals surface area contributed by atoms with Gasteiger partial charge in [-0.1, -0.05) is 12.1 Å². The third-order valence-corrected chi connectivity index (χ3v) is 2.86. The summed E-state index contributed by atoms with van der Waals surface area (Å²) < 4.78 is 9.96. The highest BCUT2D eigenvalue weighted by Gasteiger charge is 2.38. The van der Waals surface area contributed by atoms with Crippen LogP contribution in [0.25, 0.3) is 0 Å². The summed E-state index contributed by atoms with van der Waals surface area (Å²) in [6, 6.07) is 7.17. The summed E-state index contributed by atoms with van der Waals surface area (Å²) in [5.41, 5.74) is 1.44. The number of cyclic esters (lactones) is 2. The number of ether oxygens (including phenoxy) is 2. The molecule has 1 heterocycles. The number of nitrogens with zero attached hydrogens (tertiary/aromatic N) is 1. The minimum Gasteiger partial charge on any atom is -0.419 e. The Bertz CT molecular complexity index is 610. The SMILES string of the molecule is CC1(C)OC(=O)C(=CNc2ccc(CC=NO)cc2)C(=O)O1. The predicted molar refractivity (Wildman–Crippen MR) is 78.4 cm³/mol. The smallest absolute Gasteiger partial charge is 0.350 e. The van der Waals surface area contributed by atoms with Crippen molar-refractivity contribution in [2.45, 2.75) is 26.1 Å². The molecule has 1 aliphatic heterocycles. The number of anilines is 1. The molecule has 0 atom stereocenters. The van der Waals surface area contributed by atoms with Gasteiger partial charge in [0.2, 0.25) is 0 Å². The average molecular weight is 304 g/mol. The summed E-state index contributed by atoms with van der Waals surface area (Å²) in [5, 5.41) is 14.1. The fraction of sp³-hybridized carbons (Fsp3) is 0.267. The zero-order chi connectivity index (χ0) is 16.2. The van der Waals surface area contributed by atoms with Crippen molar-refractivity contribution in [1.29, 1.82) is 0 Å². The summed E-state index contributed by atoms with van der Waals surface area (Å²) in [6.07, 6.45) is 3.13. The Hall–Kier alpha value is -2.83. The first-order valence-electron chi connectivity index (χ1n) is 6.59. The molecule has 0 aromatic heterocycles. The largest absolute Gasteiger partial charge is 0.419 e. The number of carbonyl (C=O) groups excluding carboxylic acids is 2. The number of nitrogens with one attached hydrogen (secondary N) is 1. The molecule has 1 saturated heterocycles. The standard InChI is InChI=1S/C15H16N2O5/c1-15(2)21-13(18)12(14(19)22-15)9-16-11-5-3-10(4-6-11)7-8-17-20/h3-6,8-9,16,20H,7H2,1-2H3. The highest BCUT2D eigenvalue weighted by Crippen LogP contribution is 2.22. The molecule has 22 heavy (non-hydrogen) atoms. The van der Waals surface area contributed by atoms with E-state index in [1.807, 2.05) is 12.1 Å². The number of hydrogen-bond donors (Lipinski definition) is 2. The molecule has 1 fully saturated rings. The van der Waals surface area contributed by atoms with Gasteiger partial charge in [-0.15, -0.1) is 5.16 Å². The Labute approximate surface area is 127 Å². The summed E-state index contributed by atoms with van der Waals surface area (Å²) in [7, 11) is 0. The lowest BCUT2D eigenvalue weighted by Gasteiger charge is -2.29. The Morgan fingerprint density at radius 3 is 2.32 bits per heavy atom. The number of rotatable bonds is 4. The summed E-state index contributed by atoms with van der Waals surface area (Å²) >= 11 is 0. The molecule has 116 valence electrons. The molecular weight excluding hydrogens is 288 g/mol. The molecule has 0 spiro atoms. The zero-order valence-corrected chi connectivity index (χ0v) is 12.2. The fourth-order valence-electron chi connectivity index (χ4n) is 1.82. The minimum atomic E-state index is -1.25. The van der Waals surface area contributed by atoms with Gasteiger partial charge in [-0.3, -0.25) is 0 Å². The maximum atomic E-state index is 11.7. The molecule has 0 aliphatic carbocycles. The quantitative estimate of drug-likeness (QED) is 0.220. The second-order valence-electron chi connectivity index (χ2n) is 5.08. The van der Waals surface area contributed by atoms with Crippen molar-refractivity contribution in [3.63, 3.8) is 0 Å². The van der Waals surface area contributed by atoms with Crippen LogP contribution in [0.3, 0.4) is 0 Å².